The lowest BCUT2D eigenvalue weighted by Crippen LogP contribution is -2.45. The zero-order chi connectivity index (χ0) is 17.6. The molecule has 1 aliphatic carbocycles. The lowest BCUT2D eigenvalue weighted by Gasteiger charge is -2.21. The molecule has 6 nitrogen and oxygen atoms in total. The van der Waals surface area contributed by atoms with Crippen molar-refractivity contribution in [2.75, 3.05) is 46.3 Å². The van der Waals surface area contributed by atoms with E-state index >= 15 is 0 Å². The Morgan fingerprint density at radius 1 is 1.12 bits per heavy atom. The first-order valence-corrected chi connectivity index (χ1v) is 10.2. The smallest absolute Gasteiger partial charge is 0.225 e. The van der Waals surface area contributed by atoms with E-state index in [0.717, 1.165) is 57.9 Å². The summed E-state index contributed by atoms with van der Waals surface area (Å²) in [5, 5.41) is 6.92. The molecule has 26 heavy (non-hydrogen) atoms. The van der Waals surface area contributed by atoms with Crippen LogP contribution in [0.15, 0.2) is 4.99 Å². The van der Waals surface area contributed by atoms with Crippen molar-refractivity contribution in [1.29, 1.82) is 0 Å². The van der Waals surface area contributed by atoms with Crippen LogP contribution in [-0.2, 0) is 4.79 Å². The summed E-state index contributed by atoms with van der Waals surface area (Å²) in [6, 6.07) is 0.328. The first-order chi connectivity index (χ1) is 12.2. The number of guanidine groups is 1. The van der Waals surface area contributed by atoms with Gasteiger partial charge in [0.15, 0.2) is 5.96 Å². The number of likely N-dealkylation sites (tertiary alicyclic amines) is 2. The SMILES string of the molecule is CCNC(=NCC1CCN(C)C1)NC1CCN(C(=O)C2CCCC2)C1.I. The minimum Gasteiger partial charge on any atom is -0.357 e. The number of rotatable bonds is 5. The van der Waals surface area contributed by atoms with Crippen LogP contribution in [0.4, 0.5) is 0 Å². The summed E-state index contributed by atoms with van der Waals surface area (Å²) in [6.45, 7) is 7.91. The van der Waals surface area contributed by atoms with Gasteiger partial charge in [0.1, 0.15) is 0 Å². The van der Waals surface area contributed by atoms with E-state index < -0.39 is 0 Å². The minimum atomic E-state index is 0. The first-order valence-electron chi connectivity index (χ1n) is 10.2. The van der Waals surface area contributed by atoms with Crippen LogP contribution in [0.25, 0.3) is 0 Å². The number of aliphatic imine (C=N–C) groups is 1. The van der Waals surface area contributed by atoms with E-state index in [1.807, 2.05) is 0 Å². The minimum absolute atomic E-state index is 0. The largest absolute Gasteiger partial charge is 0.357 e. The molecule has 0 aromatic carbocycles. The molecule has 3 rings (SSSR count). The maximum atomic E-state index is 12.6. The maximum absolute atomic E-state index is 12.6. The van der Waals surface area contributed by atoms with E-state index in [0.29, 0.717) is 23.8 Å². The lowest BCUT2D eigenvalue weighted by atomic mass is 10.1. The summed E-state index contributed by atoms with van der Waals surface area (Å²) >= 11 is 0. The lowest BCUT2D eigenvalue weighted by molar-refractivity contribution is -0.134. The molecule has 2 unspecified atom stereocenters. The van der Waals surface area contributed by atoms with Crippen LogP contribution in [0.2, 0.25) is 0 Å². The van der Waals surface area contributed by atoms with Crippen molar-refractivity contribution in [2.24, 2.45) is 16.8 Å². The van der Waals surface area contributed by atoms with Gasteiger partial charge in [0.25, 0.3) is 0 Å². The highest BCUT2D eigenvalue weighted by molar-refractivity contribution is 14.0. The number of hydrogen-bond donors (Lipinski definition) is 2. The molecular formula is C19H36IN5O. The molecule has 0 bridgehead atoms. The number of carbonyl (C=O) groups excluding carboxylic acids is 1. The van der Waals surface area contributed by atoms with Gasteiger partial charge in [-0.1, -0.05) is 12.8 Å². The Morgan fingerprint density at radius 2 is 1.88 bits per heavy atom. The van der Waals surface area contributed by atoms with Gasteiger partial charge in [-0.25, -0.2) is 0 Å². The second-order valence-corrected chi connectivity index (χ2v) is 8.03. The molecular weight excluding hydrogens is 441 g/mol. The molecule has 3 fully saturated rings. The topological polar surface area (TPSA) is 60.0 Å². The molecule has 1 saturated carbocycles. The number of carbonyl (C=O) groups is 1. The van der Waals surface area contributed by atoms with Gasteiger partial charge >= 0.3 is 0 Å². The first kappa shape index (κ1) is 21.7. The van der Waals surface area contributed by atoms with E-state index in [2.05, 4.69) is 34.4 Å². The molecule has 2 N–H and O–H groups in total. The van der Waals surface area contributed by atoms with Crippen molar-refractivity contribution < 1.29 is 4.79 Å². The third kappa shape index (κ3) is 5.97. The van der Waals surface area contributed by atoms with Crippen LogP contribution in [0, 0.1) is 11.8 Å². The summed E-state index contributed by atoms with van der Waals surface area (Å²) in [6.07, 6.45) is 6.89. The monoisotopic (exact) mass is 477 g/mol. The molecule has 2 heterocycles. The highest BCUT2D eigenvalue weighted by atomic mass is 127. The summed E-state index contributed by atoms with van der Waals surface area (Å²) in [7, 11) is 2.18. The molecule has 7 heteroatoms. The zero-order valence-corrected chi connectivity index (χ0v) is 18.7. The Labute approximate surface area is 175 Å². The Balaban J connectivity index is 0.00000243. The predicted molar refractivity (Wildman–Crippen MR) is 117 cm³/mol. The molecule has 0 spiro atoms. The van der Waals surface area contributed by atoms with Crippen molar-refractivity contribution in [3.63, 3.8) is 0 Å². The van der Waals surface area contributed by atoms with Crippen molar-refractivity contribution in [1.82, 2.24) is 20.4 Å². The quantitative estimate of drug-likeness (QED) is 0.361. The summed E-state index contributed by atoms with van der Waals surface area (Å²) in [4.78, 5) is 21.8. The maximum Gasteiger partial charge on any atom is 0.225 e. The summed E-state index contributed by atoms with van der Waals surface area (Å²) in [5.41, 5.74) is 0. The normalized spacial score (nSPS) is 27.6. The third-order valence-electron chi connectivity index (χ3n) is 5.89. The number of nitrogens with zero attached hydrogens (tertiary/aromatic N) is 3. The Bertz CT molecular complexity index is 481. The van der Waals surface area contributed by atoms with Gasteiger partial charge < -0.3 is 20.4 Å². The fourth-order valence-electron chi connectivity index (χ4n) is 4.42. The van der Waals surface area contributed by atoms with Gasteiger partial charge in [0, 0.05) is 44.7 Å². The standard InChI is InChI=1S/C19H35N5O.HI/c1-3-20-19(21-12-15-8-10-23(2)13-15)22-17-9-11-24(14-17)18(25)16-6-4-5-7-16;/h15-17H,3-14H2,1-2H3,(H2,20,21,22);1H. The highest BCUT2D eigenvalue weighted by Crippen LogP contribution is 2.27. The number of halogens is 1. The van der Waals surface area contributed by atoms with Crippen molar-refractivity contribution in [2.45, 2.75) is 51.5 Å². The zero-order valence-electron chi connectivity index (χ0n) is 16.4. The summed E-state index contributed by atoms with van der Waals surface area (Å²) < 4.78 is 0. The van der Waals surface area contributed by atoms with E-state index in [1.54, 1.807) is 0 Å². The molecule has 0 aromatic heterocycles. The number of hydrogen-bond acceptors (Lipinski definition) is 3. The van der Waals surface area contributed by atoms with E-state index in [4.69, 9.17) is 4.99 Å². The third-order valence-corrected chi connectivity index (χ3v) is 5.89. The molecule has 0 radical (unpaired) electrons. The van der Waals surface area contributed by atoms with Crippen molar-refractivity contribution in [3.8, 4) is 0 Å². The molecule has 2 atom stereocenters. The van der Waals surface area contributed by atoms with Crippen LogP contribution in [0.3, 0.4) is 0 Å². The number of nitrogens with one attached hydrogen (secondary N) is 2. The van der Waals surface area contributed by atoms with E-state index in [-0.39, 0.29) is 24.0 Å². The van der Waals surface area contributed by atoms with Gasteiger partial charge in [0.2, 0.25) is 5.91 Å². The molecule has 3 aliphatic rings. The average Bonchev–Trinajstić information content (AvgIpc) is 3.34. The van der Waals surface area contributed by atoms with Gasteiger partial charge in [0.05, 0.1) is 0 Å². The van der Waals surface area contributed by atoms with Crippen LogP contribution in [-0.4, -0.2) is 74.0 Å². The van der Waals surface area contributed by atoms with E-state index in [1.165, 1.54) is 25.8 Å². The fraction of sp³-hybridized carbons (Fsp3) is 0.895. The van der Waals surface area contributed by atoms with Crippen LogP contribution in [0.5, 0.6) is 0 Å². The fourth-order valence-corrected chi connectivity index (χ4v) is 4.42. The van der Waals surface area contributed by atoms with Gasteiger partial charge in [-0.2, -0.15) is 0 Å². The van der Waals surface area contributed by atoms with Crippen LogP contribution >= 0.6 is 24.0 Å². The van der Waals surface area contributed by atoms with Crippen molar-refractivity contribution >= 4 is 35.8 Å². The second-order valence-electron chi connectivity index (χ2n) is 8.03. The van der Waals surface area contributed by atoms with E-state index in [9.17, 15) is 4.79 Å². The Hall–Kier alpha value is -0.570. The van der Waals surface area contributed by atoms with Crippen LogP contribution < -0.4 is 10.6 Å². The second kappa shape index (κ2) is 10.7. The molecule has 2 saturated heterocycles. The van der Waals surface area contributed by atoms with Gasteiger partial charge in [-0.3, -0.25) is 9.79 Å². The van der Waals surface area contributed by atoms with Gasteiger partial charge in [-0.05, 0) is 52.1 Å². The highest BCUT2D eigenvalue weighted by Gasteiger charge is 2.32. The van der Waals surface area contributed by atoms with Crippen molar-refractivity contribution in [3.05, 3.63) is 0 Å². The molecule has 0 aromatic rings. The summed E-state index contributed by atoms with van der Waals surface area (Å²) in [5.74, 6) is 2.26. The molecule has 150 valence electrons. The predicted octanol–water partition coefficient (Wildman–Crippen LogP) is 1.90. The molecule has 1 amide bonds. The van der Waals surface area contributed by atoms with Crippen LogP contribution in [0.1, 0.15) is 45.4 Å². The van der Waals surface area contributed by atoms with Gasteiger partial charge in [-0.15, -0.1) is 24.0 Å². The number of amides is 1. The molecule has 2 aliphatic heterocycles. The Kier molecular flexibility index (Phi) is 8.93. The Morgan fingerprint density at radius 3 is 2.54 bits per heavy atom. The average molecular weight is 477 g/mol.